The van der Waals surface area contributed by atoms with Crippen molar-refractivity contribution in [1.29, 1.82) is 0 Å². The van der Waals surface area contributed by atoms with Gasteiger partial charge >= 0.3 is 0 Å². The highest BCUT2D eigenvalue weighted by Gasteiger charge is 2.22. The Hall–Kier alpha value is -2.40. The standard InChI is InChI=1S/C18H17N3OS/c1-12-11-21-15(13(2)19-18(21)23-12)7-8-17(22)20-10-9-14-5-3-4-6-16(14)20/h3-8,11H,9-10H2,1-2H3/b8-7+. The molecule has 2 aromatic heterocycles. The number of anilines is 1. The molecule has 1 aliphatic heterocycles. The molecule has 23 heavy (non-hydrogen) atoms. The molecule has 0 bridgehead atoms. The highest BCUT2D eigenvalue weighted by molar-refractivity contribution is 7.17. The lowest BCUT2D eigenvalue weighted by atomic mass is 10.2. The van der Waals surface area contributed by atoms with E-state index in [9.17, 15) is 4.79 Å². The minimum atomic E-state index is 0.0243. The van der Waals surface area contributed by atoms with Crippen LogP contribution in [0.3, 0.4) is 0 Å². The first-order valence-corrected chi connectivity index (χ1v) is 8.48. The van der Waals surface area contributed by atoms with Crippen molar-refractivity contribution >= 4 is 34.0 Å². The Morgan fingerprint density at radius 3 is 3.00 bits per heavy atom. The number of aromatic nitrogens is 2. The van der Waals surface area contributed by atoms with Crippen LogP contribution in [-0.4, -0.2) is 21.8 Å². The summed E-state index contributed by atoms with van der Waals surface area (Å²) in [5.74, 6) is 0.0243. The van der Waals surface area contributed by atoms with Gasteiger partial charge in [-0.3, -0.25) is 9.20 Å². The molecule has 3 heterocycles. The molecule has 0 saturated carbocycles. The topological polar surface area (TPSA) is 37.6 Å². The van der Waals surface area contributed by atoms with Gasteiger partial charge in [0, 0.05) is 29.4 Å². The Labute approximate surface area is 138 Å². The Morgan fingerprint density at radius 1 is 1.30 bits per heavy atom. The molecule has 0 radical (unpaired) electrons. The normalized spacial score (nSPS) is 14.1. The van der Waals surface area contributed by atoms with Crippen LogP contribution in [0, 0.1) is 13.8 Å². The number of carbonyl (C=O) groups excluding carboxylic acids is 1. The minimum Gasteiger partial charge on any atom is -0.308 e. The third kappa shape index (κ3) is 2.37. The molecule has 1 amide bonds. The Bertz CT molecular complexity index is 935. The van der Waals surface area contributed by atoms with Crippen molar-refractivity contribution in [2.45, 2.75) is 20.3 Å². The number of benzene rings is 1. The van der Waals surface area contributed by atoms with E-state index >= 15 is 0 Å². The third-order valence-corrected chi connectivity index (χ3v) is 5.10. The fourth-order valence-electron chi connectivity index (χ4n) is 3.09. The van der Waals surface area contributed by atoms with Crippen LogP contribution < -0.4 is 4.90 Å². The highest BCUT2D eigenvalue weighted by Crippen LogP contribution is 2.28. The van der Waals surface area contributed by atoms with Crippen LogP contribution in [0.15, 0.2) is 36.5 Å². The average Bonchev–Trinajstić information content (AvgIpc) is 3.17. The third-order valence-electron chi connectivity index (χ3n) is 4.20. The molecular weight excluding hydrogens is 306 g/mol. The van der Waals surface area contributed by atoms with Crippen molar-refractivity contribution in [2.24, 2.45) is 0 Å². The van der Waals surface area contributed by atoms with E-state index in [2.05, 4.69) is 28.6 Å². The van der Waals surface area contributed by atoms with E-state index in [0.717, 1.165) is 35.0 Å². The molecule has 1 aromatic carbocycles. The van der Waals surface area contributed by atoms with Crippen LogP contribution in [0.2, 0.25) is 0 Å². The van der Waals surface area contributed by atoms with Crippen molar-refractivity contribution in [1.82, 2.24) is 9.38 Å². The summed E-state index contributed by atoms with van der Waals surface area (Å²) in [5.41, 5.74) is 4.20. The number of carbonyl (C=O) groups is 1. The van der Waals surface area contributed by atoms with Gasteiger partial charge in [-0.2, -0.15) is 0 Å². The van der Waals surface area contributed by atoms with Crippen molar-refractivity contribution in [3.63, 3.8) is 0 Å². The van der Waals surface area contributed by atoms with Crippen molar-refractivity contribution in [2.75, 3.05) is 11.4 Å². The molecule has 0 atom stereocenters. The van der Waals surface area contributed by atoms with E-state index in [1.165, 1.54) is 10.4 Å². The van der Waals surface area contributed by atoms with Gasteiger partial charge in [0.05, 0.1) is 11.4 Å². The van der Waals surface area contributed by atoms with Crippen LogP contribution in [-0.2, 0) is 11.2 Å². The zero-order chi connectivity index (χ0) is 16.0. The number of aryl methyl sites for hydroxylation is 2. The monoisotopic (exact) mass is 323 g/mol. The second-order valence-electron chi connectivity index (χ2n) is 5.78. The van der Waals surface area contributed by atoms with Crippen LogP contribution in [0.25, 0.3) is 11.0 Å². The van der Waals surface area contributed by atoms with Gasteiger partial charge in [0.25, 0.3) is 5.91 Å². The minimum absolute atomic E-state index is 0.0243. The lowest BCUT2D eigenvalue weighted by Crippen LogP contribution is -2.26. The molecule has 1 aliphatic rings. The first-order valence-electron chi connectivity index (χ1n) is 7.66. The molecule has 4 nitrogen and oxygen atoms in total. The molecule has 3 aromatic rings. The van der Waals surface area contributed by atoms with Gasteiger partial charge in [0.2, 0.25) is 0 Å². The first-order chi connectivity index (χ1) is 11.1. The number of amides is 1. The van der Waals surface area contributed by atoms with Crippen LogP contribution in [0.5, 0.6) is 0 Å². The maximum absolute atomic E-state index is 12.6. The van der Waals surface area contributed by atoms with E-state index in [0.29, 0.717) is 0 Å². The van der Waals surface area contributed by atoms with Gasteiger partial charge in [-0.1, -0.05) is 18.2 Å². The second kappa shape index (κ2) is 5.35. The molecular formula is C18H17N3OS. The van der Waals surface area contributed by atoms with Gasteiger partial charge < -0.3 is 4.90 Å². The number of imidazole rings is 1. The summed E-state index contributed by atoms with van der Waals surface area (Å²) in [6.45, 7) is 4.79. The van der Waals surface area contributed by atoms with E-state index in [-0.39, 0.29) is 5.91 Å². The van der Waals surface area contributed by atoms with Gasteiger partial charge in [0.15, 0.2) is 4.96 Å². The Morgan fingerprint density at radius 2 is 2.13 bits per heavy atom. The fourth-order valence-corrected chi connectivity index (χ4v) is 3.97. The summed E-state index contributed by atoms with van der Waals surface area (Å²) in [6.07, 6.45) is 6.53. The molecule has 4 rings (SSSR count). The molecule has 0 N–H and O–H groups in total. The van der Waals surface area contributed by atoms with Gasteiger partial charge in [-0.25, -0.2) is 4.98 Å². The predicted molar refractivity (Wildman–Crippen MR) is 94.1 cm³/mol. The van der Waals surface area contributed by atoms with Gasteiger partial charge in [-0.05, 0) is 38.0 Å². The fraction of sp³-hybridized carbons (Fsp3) is 0.222. The summed E-state index contributed by atoms with van der Waals surface area (Å²) in [6, 6.07) is 8.10. The quantitative estimate of drug-likeness (QED) is 0.676. The van der Waals surface area contributed by atoms with E-state index < -0.39 is 0 Å². The van der Waals surface area contributed by atoms with Crippen molar-refractivity contribution in [3.05, 3.63) is 58.4 Å². The van der Waals surface area contributed by atoms with Gasteiger partial charge in [-0.15, -0.1) is 11.3 Å². The lowest BCUT2D eigenvalue weighted by molar-refractivity contribution is -0.114. The van der Waals surface area contributed by atoms with Crippen LogP contribution >= 0.6 is 11.3 Å². The predicted octanol–water partition coefficient (Wildman–Crippen LogP) is 3.62. The number of para-hydroxylation sites is 1. The number of rotatable bonds is 2. The molecule has 0 spiro atoms. The largest absolute Gasteiger partial charge is 0.308 e. The SMILES string of the molecule is Cc1cn2c(/C=C/C(=O)N3CCc4ccccc43)c(C)nc2s1. The number of fused-ring (bicyclic) bond motifs is 2. The van der Waals surface area contributed by atoms with E-state index in [1.54, 1.807) is 17.4 Å². The molecule has 0 fully saturated rings. The number of hydrogen-bond donors (Lipinski definition) is 0. The van der Waals surface area contributed by atoms with E-state index in [1.807, 2.05) is 36.1 Å². The Balaban J connectivity index is 1.63. The molecule has 5 heteroatoms. The lowest BCUT2D eigenvalue weighted by Gasteiger charge is -2.14. The average molecular weight is 323 g/mol. The van der Waals surface area contributed by atoms with Crippen LogP contribution in [0.4, 0.5) is 5.69 Å². The van der Waals surface area contributed by atoms with Crippen LogP contribution in [0.1, 0.15) is 21.8 Å². The number of thiazole rings is 1. The molecule has 0 unspecified atom stereocenters. The first kappa shape index (κ1) is 14.2. The van der Waals surface area contributed by atoms with Crippen molar-refractivity contribution < 1.29 is 4.79 Å². The molecule has 0 saturated heterocycles. The summed E-state index contributed by atoms with van der Waals surface area (Å²) in [5, 5.41) is 0. The number of nitrogens with zero attached hydrogens (tertiary/aromatic N) is 3. The molecule has 116 valence electrons. The Kier molecular flexibility index (Phi) is 3.31. The summed E-state index contributed by atoms with van der Waals surface area (Å²) in [4.78, 5) is 21.1. The summed E-state index contributed by atoms with van der Waals surface area (Å²) < 4.78 is 2.05. The maximum atomic E-state index is 12.6. The zero-order valence-corrected chi connectivity index (χ0v) is 13.9. The van der Waals surface area contributed by atoms with Crippen molar-refractivity contribution in [3.8, 4) is 0 Å². The smallest absolute Gasteiger partial charge is 0.251 e. The maximum Gasteiger partial charge on any atom is 0.251 e. The number of hydrogen-bond acceptors (Lipinski definition) is 3. The summed E-state index contributed by atoms with van der Waals surface area (Å²) >= 11 is 1.66. The highest BCUT2D eigenvalue weighted by atomic mass is 32.1. The zero-order valence-electron chi connectivity index (χ0n) is 13.1. The second-order valence-corrected chi connectivity index (χ2v) is 6.99. The van der Waals surface area contributed by atoms with E-state index in [4.69, 9.17) is 0 Å². The summed E-state index contributed by atoms with van der Waals surface area (Å²) in [7, 11) is 0. The molecule has 0 aliphatic carbocycles. The van der Waals surface area contributed by atoms with Gasteiger partial charge in [0.1, 0.15) is 0 Å².